The molecule has 0 unspecified atom stereocenters. The van der Waals surface area contributed by atoms with Gasteiger partial charge in [0.25, 0.3) is 0 Å². The van der Waals surface area contributed by atoms with Gasteiger partial charge in [-0.2, -0.15) is 0 Å². The lowest BCUT2D eigenvalue weighted by molar-refractivity contribution is 1.14. The van der Waals surface area contributed by atoms with Crippen molar-refractivity contribution < 1.29 is 0 Å². The van der Waals surface area contributed by atoms with Crippen LogP contribution in [-0.4, -0.2) is 0 Å². The summed E-state index contributed by atoms with van der Waals surface area (Å²) in [6.07, 6.45) is 2.93. The summed E-state index contributed by atoms with van der Waals surface area (Å²) in [5.74, 6) is 0. The molecule has 1 aromatic rings. The monoisotopic (exact) mass is 210 g/mol. The maximum atomic E-state index is 3.72. The molecule has 0 aliphatic rings. The standard InChI is InChI=1S/C10H11Br/c1-3-8-5-6-9(4-2)10(11)7-8/h4-7H,2-3H2,1H3. The van der Waals surface area contributed by atoms with Crippen LogP contribution in [-0.2, 0) is 6.42 Å². The zero-order valence-electron chi connectivity index (χ0n) is 6.60. The molecule has 0 atom stereocenters. The third kappa shape index (κ3) is 1.93. The zero-order valence-corrected chi connectivity index (χ0v) is 8.19. The SMILES string of the molecule is C=Cc1ccc(CC)cc1Br. The molecule has 0 N–H and O–H groups in total. The second-order valence-electron chi connectivity index (χ2n) is 2.41. The normalized spacial score (nSPS) is 9.64. The highest BCUT2D eigenvalue weighted by atomic mass is 79.9. The molecule has 1 aromatic carbocycles. The van der Waals surface area contributed by atoms with Crippen LogP contribution in [0.5, 0.6) is 0 Å². The molecule has 0 saturated carbocycles. The number of aryl methyl sites for hydroxylation is 1. The second-order valence-corrected chi connectivity index (χ2v) is 3.27. The van der Waals surface area contributed by atoms with Gasteiger partial charge in [0.05, 0.1) is 0 Å². The first kappa shape index (κ1) is 8.54. The Morgan fingerprint density at radius 1 is 1.55 bits per heavy atom. The fourth-order valence-electron chi connectivity index (χ4n) is 0.956. The summed E-state index contributed by atoms with van der Waals surface area (Å²) in [5.41, 5.74) is 2.50. The Morgan fingerprint density at radius 2 is 2.27 bits per heavy atom. The first-order valence-electron chi connectivity index (χ1n) is 3.68. The van der Waals surface area contributed by atoms with Crippen LogP contribution < -0.4 is 0 Å². The van der Waals surface area contributed by atoms with Gasteiger partial charge < -0.3 is 0 Å². The van der Waals surface area contributed by atoms with Crippen LogP contribution in [0.25, 0.3) is 6.08 Å². The lowest BCUT2D eigenvalue weighted by Crippen LogP contribution is -1.81. The van der Waals surface area contributed by atoms with Crippen LogP contribution in [0, 0.1) is 0 Å². The molecule has 0 nitrogen and oxygen atoms in total. The van der Waals surface area contributed by atoms with Gasteiger partial charge in [-0.05, 0) is 23.6 Å². The Labute approximate surface area is 76.1 Å². The van der Waals surface area contributed by atoms with Gasteiger partial charge in [0, 0.05) is 4.47 Å². The second kappa shape index (κ2) is 3.72. The fourth-order valence-corrected chi connectivity index (χ4v) is 1.54. The highest BCUT2D eigenvalue weighted by Gasteiger charge is 1.95. The first-order valence-corrected chi connectivity index (χ1v) is 4.48. The summed E-state index contributed by atoms with van der Waals surface area (Å²) in [5, 5.41) is 0. The Morgan fingerprint density at radius 3 is 2.73 bits per heavy atom. The highest BCUT2D eigenvalue weighted by molar-refractivity contribution is 9.10. The van der Waals surface area contributed by atoms with Crippen molar-refractivity contribution >= 4 is 22.0 Å². The topological polar surface area (TPSA) is 0 Å². The van der Waals surface area contributed by atoms with E-state index in [1.807, 2.05) is 6.08 Å². The largest absolute Gasteiger partial charge is 0.0984 e. The minimum absolute atomic E-state index is 1.08. The third-order valence-electron chi connectivity index (χ3n) is 1.69. The Balaban J connectivity index is 3.09. The van der Waals surface area contributed by atoms with Crippen molar-refractivity contribution in [3.63, 3.8) is 0 Å². The lowest BCUT2D eigenvalue weighted by Gasteiger charge is -2.00. The van der Waals surface area contributed by atoms with Crippen molar-refractivity contribution in [1.29, 1.82) is 0 Å². The predicted molar refractivity (Wildman–Crippen MR) is 53.6 cm³/mol. The zero-order chi connectivity index (χ0) is 8.27. The molecule has 1 rings (SSSR count). The number of halogens is 1. The average Bonchev–Trinajstić information content (AvgIpc) is 2.04. The van der Waals surface area contributed by atoms with Gasteiger partial charge in [-0.3, -0.25) is 0 Å². The van der Waals surface area contributed by atoms with E-state index in [-0.39, 0.29) is 0 Å². The van der Waals surface area contributed by atoms with Gasteiger partial charge in [0.2, 0.25) is 0 Å². The molecular formula is C10H11Br. The van der Waals surface area contributed by atoms with Gasteiger partial charge in [-0.25, -0.2) is 0 Å². The highest BCUT2D eigenvalue weighted by Crippen LogP contribution is 2.19. The van der Waals surface area contributed by atoms with E-state index < -0.39 is 0 Å². The van der Waals surface area contributed by atoms with Gasteiger partial charge >= 0.3 is 0 Å². The molecule has 0 fully saturated rings. The van der Waals surface area contributed by atoms with Crippen LogP contribution in [0.4, 0.5) is 0 Å². The molecule has 0 heterocycles. The molecule has 0 saturated heterocycles. The summed E-state index contributed by atoms with van der Waals surface area (Å²) >= 11 is 3.48. The summed E-state index contributed by atoms with van der Waals surface area (Å²) in [7, 11) is 0. The third-order valence-corrected chi connectivity index (χ3v) is 2.38. The smallest absolute Gasteiger partial charge is 0.0250 e. The molecule has 1 heteroatoms. The molecule has 0 amide bonds. The molecule has 0 aliphatic heterocycles. The molecular weight excluding hydrogens is 200 g/mol. The van der Waals surface area contributed by atoms with Gasteiger partial charge in [-0.1, -0.05) is 47.6 Å². The van der Waals surface area contributed by atoms with Crippen LogP contribution >= 0.6 is 15.9 Å². The molecule has 0 radical (unpaired) electrons. The molecule has 11 heavy (non-hydrogen) atoms. The maximum Gasteiger partial charge on any atom is 0.0250 e. The van der Waals surface area contributed by atoms with Crippen molar-refractivity contribution in [3.8, 4) is 0 Å². The molecule has 0 aromatic heterocycles. The van der Waals surface area contributed by atoms with Crippen molar-refractivity contribution in [1.82, 2.24) is 0 Å². The Hall–Kier alpha value is -0.560. The molecule has 0 aliphatic carbocycles. The van der Waals surface area contributed by atoms with Gasteiger partial charge in [0.1, 0.15) is 0 Å². The Kier molecular flexibility index (Phi) is 2.89. The minimum Gasteiger partial charge on any atom is -0.0984 e. The van der Waals surface area contributed by atoms with E-state index in [4.69, 9.17) is 0 Å². The number of hydrogen-bond acceptors (Lipinski definition) is 0. The van der Waals surface area contributed by atoms with E-state index in [1.54, 1.807) is 0 Å². The van der Waals surface area contributed by atoms with E-state index in [1.165, 1.54) is 5.56 Å². The van der Waals surface area contributed by atoms with Crippen molar-refractivity contribution in [2.24, 2.45) is 0 Å². The molecule has 58 valence electrons. The lowest BCUT2D eigenvalue weighted by atomic mass is 10.1. The number of benzene rings is 1. The maximum absolute atomic E-state index is 3.72. The van der Waals surface area contributed by atoms with Crippen LogP contribution in [0.1, 0.15) is 18.1 Å². The van der Waals surface area contributed by atoms with E-state index in [0.29, 0.717) is 0 Å². The van der Waals surface area contributed by atoms with E-state index in [0.717, 1.165) is 16.5 Å². The van der Waals surface area contributed by atoms with Crippen LogP contribution in [0.2, 0.25) is 0 Å². The summed E-state index contributed by atoms with van der Waals surface area (Å²) in [4.78, 5) is 0. The van der Waals surface area contributed by atoms with E-state index in [9.17, 15) is 0 Å². The summed E-state index contributed by atoms with van der Waals surface area (Å²) < 4.78 is 1.13. The van der Waals surface area contributed by atoms with Gasteiger partial charge in [0.15, 0.2) is 0 Å². The van der Waals surface area contributed by atoms with E-state index >= 15 is 0 Å². The number of rotatable bonds is 2. The van der Waals surface area contributed by atoms with Gasteiger partial charge in [-0.15, -0.1) is 0 Å². The van der Waals surface area contributed by atoms with Crippen LogP contribution in [0.15, 0.2) is 29.3 Å². The number of hydrogen-bond donors (Lipinski definition) is 0. The van der Waals surface area contributed by atoms with Crippen molar-refractivity contribution in [2.75, 3.05) is 0 Å². The molecule has 0 bridgehead atoms. The van der Waals surface area contributed by atoms with Crippen molar-refractivity contribution in [2.45, 2.75) is 13.3 Å². The predicted octanol–water partition coefficient (Wildman–Crippen LogP) is 3.65. The minimum atomic E-state index is 1.08. The summed E-state index contributed by atoms with van der Waals surface area (Å²) in [6.45, 7) is 5.87. The average molecular weight is 211 g/mol. The Bertz CT molecular complexity index is 264. The summed E-state index contributed by atoms with van der Waals surface area (Å²) in [6, 6.07) is 6.34. The van der Waals surface area contributed by atoms with Crippen LogP contribution in [0.3, 0.4) is 0 Å². The first-order chi connectivity index (χ1) is 5.27. The quantitative estimate of drug-likeness (QED) is 0.700. The molecule has 0 spiro atoms. The fraction of sp³-hybridized carbons (Fsp3) is 0.200. The van der Waals surface area contributed by atoms with E-state index in [2.05, 4.69) is 47.6 Å². The van der Waals surface area contributed by atoms with Crippen molar-refractivity contribution in [3.05, 3.63) is 40.4 Å².